The molecule has 20 aromatic rings. The highest BCUT2D eigenvalue weighted by atomic mass is 127. The van der Waals surface area contributed by atoms with Crippen molar-refractivity contribution in [1.29, 1.82) is 0 Å². The van der Waals surface area contributed by atoms with Crippen molar-refractivity contribution >= 4 is 244 Å². The Bertz CT molecular complexity index is 6490. The average Bonchev–Trinajstić information content (AvgIpc) is 1.30. The largest absolute Gasteiger partial charge is 0.399 e. The van der Waals surface area contributed by atoms with Crippen molar-refractivity contribution in [2.45, 2.75) is 0 Å². The number of nitrogen functional groups attached to an aromatic ring is 1. The first-order chi connectivity index (χ1) is 52.7. The van der Waals surface area contributed by atoms with Gasteiger partial charge in [0.1, 0.15) is 0 Å². The van der Waals surface area contributed by atoms with Crippen LogP contribution in [0.2, 0.25) is 0 Å². The van der Waals surface area contributed by atoms with E-state index in [9.17, 15) is 0 Å². The van der Waals surface area contributed by atoms with E-state index in [1.54, 1.807) is 0 Å². The number of halogens is 3. The zero-order chi connectivity index (χ0) is 72.4. The third-order valence-electron chi connectivity index (χ3n) is 18.5. The number of nitrogens with zero attached hydrogens (tertiary/aromatic N) is 2. The van der Waals surface area contributed by atoms with Gasteiger partial charge in [-0.3, -0.25) is 0 Å². The van der Waals surface area contributed by atoms with Gasteiger partial charge < -0.3 is 26.2 Å². The summed E-state index contributed by atoms with van der Waals surface area (Å²) in [5, 5.41) is 22.5. The third kappa shape index (κ3) is 15.6. The van der Waals surface area contributed by atoms with E-state index in [4.69, 9.17) is 5.73 Å². The van der Waals surface area contributed by atoms with Gasteiger partial charge in [0.15, 0.2) is 0 Å². The van der Waals surface area contributed by atoms with Gasteiger partial charge in [0, 0.05) is 109 Å². The van der Waals surface area contributed by atoms with Crippen molar-refractivity contribution in [2.75, 3.05) is 26.2 Å². The zero-order valence-corrected chi connectivity index (χ0v) is 65.6. The van der Waals surface area contributed by atoms with Crippen molar-refractivity contribution in [2.24, 2.45) is 0 Å². The molecule has 3 heterocycles. The first-order valence-corrected chi connectivity index (χ1v) is 40.2. The number of nitrogens with two attached hydrogens (primary N) is 1. The summed E-state index contributed by atoms with van der Waals surface area (Å²) in [7, 11) is 0. The van der Waals surface area contributed by atoms with Gasteiger partial charge in [-0.2, -0.15) is 0 Å². The van der Waals surface area contributed by atoms with Gasteiger partial charge in [-0.15, -0.1) is 34.0 Å². The average molecular weight is 1670 g/mol. The zero-order valence-electron chi connectivity index (χ0n) is 57.8. The molecule has 0 aliphatic heterocycles. The number of nitrogens with one attached hydrogen (secondary N) is 2. The summed E-state index contributed by atoms with van der Waals surface area (Å²) < 4.78 is 11.3. The van der Waals surface area contributed by atoms with Crippen LogP contribution >= 0.6 is 88.5 Å². The molecule has 0 fully saturated rings. The Morgan fingerprint density at radius 3 is 1.12 bits per heavy atom. The minimum Gasteiger partial charge on any atom is -0.399 e. The van der Waals surface area contributed by atoms with Gasteiger partial charge in [0.25, 0.3) is 0 Å². The predicted molar refractivity (Wildman–Crippen MR) is 485 cm³/mol. The Hall–Kier alpha value is -11.1. The Labute approximate surface area is 664 Å². The molecule has 0 bridgehead atoms. The van der Waals surface area contributed by atoms with Crippen molar-refractivity contribution in [3.8, 4) is 0 Å². The number of benzene rings is 17. The van der Waals surface area contributed by atoms with E-state index in [-0.39, 0.29) is 0 Å². The van der Waals surface area contributed by atoms with E-state index in [2.05, 4.69) is 415 Å². The van der Waals surface area contributed by atoms with E-state index in [0.29, 0.717) is 0 Å². The molecule has 4 N–H and O–H groups in total. The van der Waals surface area contributed by atoms with Crippen LogP contribution in [0, 0.1) is 3.57 Å². The SMILES string of the molecule is Brc1cccc(I)c1.Brc1cccc(N(c2cccc3ccccc23)c2cccc3c2sc2ccccc23)c1.Nc1ccccc1.c1ccc(Nc2cccc(N(c3cccc4ccccc34)c3cccc4c3sc3ccccc34)c2)cc1.c1ccc2c(Nc3cccc4c3sc3ccccc34)cccc2c1. The normalized spacial score (nSPS) is 11.0. The van der Waals surface area contributed by atoms with Crippen LogP contribution < -0.4 is 26.2 Å². The highest BCUT2D eigenvalue weighted by Crippen LogP contribution is 2.49. The highest BCUT2D eigenvalue weighted by molar-refractivity contribution is 14.1. The molecule has 0 aliphatic carbocycles. The fourth-order valence-corrected chi connectivity index (χ4v) is 19.0. The van der Waals surface area contributed by atoms with Crippen LogP contribution in [0.5, 0.6) is 0 Å². The number of hydrogen-bond donors (Lipinski definition) is 3. The van der Waals surface area contributed by atoms with Crippen LogP contribution in [0.15, 0.2) is 397 Å². The number of fused-ring (bicyclic) bond motifs is 12. The summed E-state index contributed by atoms with van der Waals surface area (Å²) >= 11 is 14.9. The van der Waals surface area contributed by atoms with Crippen molar-refractivity contribution < 1.29 is 0 Å². The molecule has 0 saturated carbocycles. The first kappa shape index (κ1) is 70.2. The maximum absolute atomic E-state index is 5.36. The highest BCUT2D eigenvalue weighted by Gasteiger charge is 2.22. The molecule has 516 valence electrons. The molecule has 0 atom stereocenters. The van der Waals surface area contributed by atoms with Crippen LogP contribution in [0.4, 0.5) is 62.6 Å². The molecular weight excluding hydrogens is 1610 g/mol. The summed E-state index contributed by atoms with van der Waals surface area (Å²) in [4.78, 5) is 4.81. The van der Waals surface area contributed by atoms with Gasteiger partial charge in [-0.1, -0.05) is 287 Å². The van der Waals surface area contributed by atoms with Crippen LogP contribution in [0.3, 0.4) is 0 Å². The fraction of sp³-hybridized carbons (Fsp3) is 0. The number of para-hydroxylation sites is 2. The van der Waals surface area contributed by atoms with Crippen molar-refractivity contribution in [3.05, 3.63) is 401 Å². The monoisotopic (exact) mass is 1670 g/mol. The molecule has 0 unspecified atom stereocenters. The predicted octanol–water partition coefficient (Wildman–Crippen LogP) is 31.1. The third-order valence-corrected chi connectivity index (χ3v) is 23.8. The Morgan fingerprint density at radius 2 is 0.617 bits per heavy atom. The van der Waals surface area contributed by atoms with Crippen LogP contribution in [0.25, 0.3) is 92.8 Å². The molecule has 0 amide bonds. The van der Waals surface area contributed by atoms with E-state index in [0.717, 1.165) is 43.1 Å². The van der Waals surface area contributed by atoms with Gasteiger partial charge in [0.2, 0.25) is 0 Å². The molecule has 0 saturated heterocycles. The number of anilines is 11. The van der Waals surface area contributed by atoms with Crippen LogP contribution in [0.1, 0.15) is 0 Å². The van der Waals surface area contributed by atoms with Gasteiger partial charge in [-0.25, -0.2) is 0 Å². The number of hydrogen-bond acceptors (Lipinski definition) is 8. The maximum Gasteiger partial charge on any atom is 0.0640 e. The summed E-state index contributed by atoms with van der Waals surface area (Å²) in [6.45, 7) is 0. The summed E-state index contributed by atoms with van der Waals surface area (Å²) in [5.74, 6) is 0. The van der Waals surface area contributed by atoms with E-state index < -0.39 is 0 Å². The molecule has 11 heteroatoms. The molecule has 5 nitrogen and oxygen atoms in total. The minimum atomic E-state index is 0.822. The Kier molecular flexibility index (Phi) is 21.5. The Morgan fingerprint density at radius 1 is 0.262 bits per heavy atom. The molecule has 0 radical (unpaired) electrons. The van der Waals surface area contributed by atoms with Crippen LogP contribution in [-0.4, -0.2) is 0 Å². The van der Waals surface area contributed by atoms with E-state index in [1.165, 1.54) is 125 Å². The van der Waals surface area contributed by atoms with E-state index in [1.807, 2.05) is 82.5 Å². The molecular formula is C96H68Br2IN5S3. The van der Waals surface area contributed by atoms with E-state index >= 15 is 0 Å². The summed E-state index contributed by atoms with van der Waals surface area (Å²) in [6.07, 6.45) is 0. The molecule has 17 aromatic carbocycles. The standard InChI is InChI=1S/C34H24N2S.C28H18BrNS.C22H15NS.C6H4BrI.C6H7N/c1-2-13-25(14-3-1)35-26-15-9-16-27(23-26)36(31-20-8-12-24-11-4-5-17-28(24)31)32-21-10-19-30-29-18-6-7-22-33(29)37-34(30)32;29-20-10-6-11-21(18-20)30(25-15-5-9-19-8-1-2-12-22(19)25)26-16-7-14-24-23-13-3-4-17-27(23)31-28(24)26;1-2-9-16-15(7-1)8-5-12-19(16)23-20-13-6-11-18-17-10-3-4-14-21(17)24-22(18)20;7-5-2-1-3-6(8)4-5;7-6-4-2-1-3-5-6/h1-23,35H;1-18H;1-14,23H;1-4H;1-5H,7H2. The lowest BCUT2D eigenvalue weighted by Gasteiger charge is -2.28. The number of rotatable bonds is 10. The lowest BCUT2D eigenvalue weighted by Crippen LogP contribution is -2.11. The summed E-state index contributed by atoms with van der Waals surface area (Å²) in [5.41, 5.74) is 17.6. The minimum absolute atomic E-state index is 0.822. The fourth-order valence-electron chi connectivity index (χ4n) is 13.7. The smallest absolute Gasteiger partial charge is 0.0640 e. The molecule has 3 aromatic heterocycles. The second kappa shape index (κ2) is 32.7. The molecule has 20 rings (SSSR count). The van der Waals surface area contributed by atoms with Crippen LogP contribution in [-0.2, 0) is 0 Å². The van der Waals surface area contributed by atoms with Crippen molar-refractivity contribution in [3.63, 3.8) is 0 Å². The second-order valence-corrected chi connectivity index (χ2v) is 31.7. The second-order valence-electron chi connectivity index (χ2n) is 25.5. The van der Waals surface area contributed by atoms with Gasteiger partial charge in [-0.05, 0) is 172 Å². The molecule has 0 aliphatic rings. The molecule has 0 spiro atoms. The first-order valence-electron chi connectivity index (χ1n) is 35.1. The summed E-state index contributed by atoms with van der Waals surface area (Å²) in [6, 6.07) is 136. The number of thiophene rings is 3. The van der Waals surface area contributed by atoms with Gasteiger partial charge >= 0.3 is 0 Å². The quantitative estimate of drug-likeness (QED) is 0.0941. The lowest BCUT2D eigenvalue weighted by molar-refractivity contribution is 1.31. The van der Waals surface area contributed by atoms with Crippen molar-refractivity contribution in [1.82, 2.24) is 0 Å². The maximum atomic E-state index is 5.36. The topological polar surface area (TPSA) is 56.6 Å². The van der Waals surface area contributed by atoms with Gasteiger partial charge in [0.05, 0.1) is 42.5 Å². The Balaban J connectivity index is 0.000000113. The molecule has 107 heavy (non-hydrogen) atoms. The lowest BCUT2D eigenvalue weighted by atomic mass is 10.1.